The molecule has 0 spiro atoms. The molecule has 1 aromatic rings. The molecule has 0 aromatic heterocycles. The van der Waals surface area contributed by atoms with Crippen molar-refractivity contribution in [3.63, 3.8) is 0 Å². The average molecular weight is 366 g/mol. The predicted octanol–water partition coefficient (Wildman–Crippen LogP) is 4.82. The Morgan fingerprint density at radius 2 is 1.81 bits per heavy atom. The topological polar surface area (TPSA) is 32.3 Å². The van der Waals surface area contributed by atoms with Crippen LogP contribution in [0.25, 0.3) is 0 Å². The molecule has 0 radical (unpaired) electrons. The fraction of sp³-hybridized carbons (Fsp3) is 0.600. The molecule has 118 valence electrons. The van der Waals surface area contributed by atoms with E-state index in [1.807, 2.05) is 0 Å². The van der Waals surface area contributed by atoms with Crippen molar-refractivity contribution in [2.45, 2.75) is 38.3 Å². The Hall–Kier alpha value is -0.750. The maximum atomic E-state index is 12.8. The Morgan fingerprint density at radius 3 is 2.38 bits per heavy atom. The maximum absolute atomic E-state index is 12.8. The molecule has 21 heavy (non-hydrogen) atoms. The summed E-state index contributed by atoms with van der Waals surface area (Å²) in [5.41, 5.74) is -0.463. The monoisotopic (exact) mass is 365 g/mol. The number of rotatable bonds is 4. The molecule has 0 heterocycles. The first-order valence-corrected chi connectivity index (χ1v) is 7.86. The molecule has 1 fully saturated rings. The summed E-state index contributed by atoms with van der Waals surface area (Å²) < 4.78 is 38.8. The normalized spacial score (nSPS) is 18.5. The molecule has 2 N–H and O–H groups in total. The van der Waals surface area contributed by atoms with Crippen LogP contribution in [0, 0.1) is 5.41 Å². The van der Waals surface area contributed by atoms with Crippen LogP contribution < -0.4 is 5.32 Å². The lowest BCUT2D eigenvalue weighted by Crippen LogP contribution is -2.35. The van der Waals surface area contributed by atoms with Crippen molar-refractivity contribution in [1.29, 1.82) is 0 Å². The third-order valence-corrected chi connectivity index (χ3v) is 4.60. The van der Waals surface area contributed by atoms with E-state index in [0.29, 0.717) is 16.7 Å². The minimum atomic E-state index is -4.36. The highest BCUT2D eigenvalue weighted by molar-refractivity contribution is 9.10. The van der Waals surface area contributed by atoms with Crippen LogP contribution in [-0.2, 0) is 6.18 Å². The van der Waals surface area contributed by atoms with Crippen LogP contribution in [0.15, 0.2) is 22.7 Å². The van der Waals surface area contributed by atoms with E-state index in [-0.39, 0.29) is 12.0 Å². The van der Waals surface area contributed by atoms with Crippen molar-refractivity contribution in [3.05, 3.63) is 28.2 Å². The number of hydrogen-bond acceptors (Lipinski definition) is 2. The van der Waals surface area contributed by atoms with E-state index in [2.05, 4.69) is 21.2 Å². The summed E-state index contributed by atoms with van der Waals surface area (Å²) in [4.78, 5) is 0. The zero-order valence-corrected chi connectivity index (χ0v) is 13.2. The minimum Gasteiger partial charge on any atom is -0.396 e. The van der Waals surface area contributed by atoms with Crippen LogP contribution in [0.4, 0.5) is 18.9 Å². The molecule has 0 saturated heterocycles. The van der Waals surface area contributed by atoms with Crippen molar-refractivity contribution >= 4 is 21.6 Å². The van der Waals surface area contributed by atoms with Gasteiger partial charge in [0.2, 0.25) is 0 Å². The second-order valence-corrected chi connectivity index (χ2v) is 6.71. The number of alkyl halides is 3. The van der Waals surface area contributed by atoms with Crippen molar-refractivity contribution in [2.24, 2.45) is 5.41 Å². The largest absolute Gasteiger partial charge is 0.416 e. The van der Waals surface area contributed by atoms with E-state index in [9.17, 15) is 18.3 Å². The van der Waals surface area contributed by atoms with Crippen LogP contribution in [0.5, 0.6) is 0 Å². The molecule has 0 unspecified atom stereocenters. The van der Waals surface area contributed by atoms with E-state index in [1.165, 1.54) is 0 Å². The first-order chi connectivity index (χ1) is 9.85. The van der Waals surface area contributed by atoms with E-state index in [1.54, 1.807) is 6.07 Å². The van der Waals surface area contributed by atoms with E-state index in [4.69, 9.17) is 0 Å². The van der Waals surface area contributed by atoms with Gasteiger partial charge in [0.25, 0.3) is 0 Å². The molecule has 0 amide bonds. The maximum Gasteiger partial charge on any atom is 0.416 e. The molecule has 2 nitrogen and oxygen atoms in total. The summed E-state index contributed by atoms with van der Waals surface area (Å²) in [5, 5.41) is 12.7. The van der Waals surface area contributed by atoms with Crippen molar-refractivity contribution in [1.82, 2.24) is 0 Å². The smallest absolute Gasteiger partial charge is 0.396 e. The third kappa shape index (κ3) is 4.36. The van der Waals surface area contributed by atoms with Gasteiger partial charge in [0.15, 0.2) is 0 Å². The number of benzene rings is 1. The first kappa shape index (κ1) is 16.6. The van der Waals surface area contributed by atoms with Gasteiger partial charge in [0.1, 0.15) is 0 Å². The van der Waals surface area contributed by atoms with Crippen molar-refractivity contribution in [2.75, 3.05) is 18.5 Å². The fourth-order valence-electron chi connectivity index (χ4n) is 2.84. The summed E-state index contributed by atoms with van der Waals surface area (Å²) in [5.74, 6) is 0. The Balaban J connectivity index is 2.10. The minimum absolute atomic E-state index is 0.0696. The lowest BCUT2D eigenvalue weighted by molar-refractivity contribution is -0.137. The first-order valence-electron chi connectivity index (χ1n) is 7.07. The summed E-state index contributed by atoms with van der Waals surface area (Å²) in [6.45, 7) is 0.567. The lowest BCUT2D eigenvalue weighted by Gasteiger charge is -2.36. The molecule has 0 aliphatic heterocycles. The fourth-order valence-corrected chi connectivity index (χ4v) is 3.33. The summed E-state index contributed by atoms with van der Waals surface area (Å²) in [6, 6.07) is 3.80. The van der Waals surface area contributed by atoms with Gasteiger partial charge in [-0.15, -0.1) is 0 Å². The zero-order valence-electron chi connectivity index (χ0n) is 11.6. The summed E-state index contributed by atoms with van der Waals surface area (Å²) in [6.07, 6.45) is 0.757. The number of hydrogen-bond donors (Lipinski definition) is 2. The Labute approximate surface area is 130 Å². The van der Waals surface area contributed by atoms with E-state index < -0.39 is 11.7 Å². The van der Waals surface area contributed by atoms with Gasteiger partial charge < -0.3 is 10.4 Å². The van der Waals surface area contributed by atoms with Gasteiger partial charge in [-0.25, -0.2) is 0 Å². The van der Waals surface area contributed by atoms with Crippen LogP contribution in [-0.4, -0.2) is 18.3 Å². The van der Waals surface area contributed by atoms with Crippen LogP contribution in [0.1, 0.15) is 37.7 Å². The molecule has 0 atom stereocenters. The Kier molecular flexibility index (Phi) is 5.20. The highest BCUT2D eigenvalue weighted by Crippen LogP contribution is 2.37. The van der Waals surface area contributed by atoms with Crippen LogP contribution in [0.3, 0.4) is 0 Å². The average Bonchev–Trinajstić information content (AvgIpc) is 2.45. The number of anilines is 1. The summed E-state index contributed by atoms with van der Waals surface area (Å²) >= 11 is 3.11. The Bertz CT molecular complexity index is 484. The molecule has 1 saturated carbocycles. The van der Waals surface area contributed by atoms with Crippen LogP contribution >= 0.6 is 15.9 Å². The number of aliphatic hydroxyl groups is 1. The molecule has 1 aliphatic carbocycles. The molecule has 2 rings (SSSR count). The van der Waals surface area contributed by atoms with Gasteiger partial charge >= 0.3 is 6.18 Å². The van der Waals surface area contributed by atoms with E-state index >= 15 is 0 Å². The van der Waals surface area contributed by atoms with Gasteiger partial charge in [0.05, 0.1) is 12.2 Å². The molecular weight excluding hydrogens is 347 g/mol. The Morgan fingerprint density at radius 1 is 1.14 bits per heavy atom. The standard InChI is InChI=1S/C15H19BrF3NO/c16-12-6-11(15(17,18)19)7-13(8-12)20-9-14(10-21)4-2-1-3-5-14/h6-8,20-21H,1-5,9-10H2. The molecule has 1 aromatic carbocycles. The van der Waals surface area contributed by atoms with E-state index in [0.717, 1.165) is 44.2 Å². The van der Waals surface area contributed by atoms with Gasteiger partial charge in [-0.2, -0.15) is 13.2 Å². The lowest BCUT2D eigenvalue weighted by atomic mass is 9.74. The quantitative estimate of drug-likeness (QED) is 0.801. The third-order valence-electron chi connectivity index (χ3n) is 4.14. The number of nitrogens with one attached hydrogen (secondary N) is 1. The van der Waals surface area contributed by atoms with Crippen LogP contribution in [0.2, 0.25) is 0 Å². The number of aliphatic hydroxyl groups excluding tert-OH is 1. The van der Waals surface area contributed by atoms with Gasteiger partial charge in [0, 0.05) is 22.1 Å². The van der Waals surface area contributed by atoms with Gasteiger partial charge in [-0.1, -0.05) is 35.2 Å². The second kappa shape index (κ2) is 6.57. The highest BCUT2D eigenvalue weighted by atomic mass is 79.9. The predicted molar refractivity (Wildman–Crippen MR) is 80.2 cm³/mol. The molecule has 0 bridgehead atoms. The SMILES string of the molecule is OCC1(CNc2cc(Br)cc(C(F)(F)F)c2)CCCCC1. The summed E-state index contributed by atoms with van der Waals surface area (Å²) in [7, 11) is 0. The number of halogens is 4. The highest BCUT2D eigenvalue weighted by Gasteiger charge is 2.33. The molecule has 1 aliphatic rings. The van der Waals surface area contributed by atoms with Gasteiger partial charge in [-0.3, -0.25) is 0 Å². The second-order valence-electron chi connectivity index (χ2n) is 5.80. The molecule has 6 heteroatoms. The molecular formula is C15H19BrF3NO. The zero-order chi connectivity index (χ0) is 15.5. The van der Waals surface area contributed by atoms with Gasteiger partial charge in [-0.05, 0) is 31.0 Å². The van der Waals surface area contributed by atoms with Crippen molar-refractivity contribution < 1.29 is 18.3 Å². The van der Waals surface area contributed by atoms with Crippen molar-refractivity contribution in [3.8, 4) is 0 Å².